The fourth-order valence-corrected chi connectivity index (χ4v) is 14.8. The van der Waals surface area contributed by atoms with Gasteiger partial charge in [0, 0.05) is 25.7 Å². The van der Waals surface area contributed by atoms with E-state index < -0.39 is 97.5 Å². The summed E-state index contributed by atoms with van der Waals surface area (Å²) < 4.78 is 68.9. The van der Waals surface area contributed by atoms with Gasteiger partial charge in [-0.05, 0) is 37.5 Å². The SMILES string of the molecule is CCCCCCCCCCCCCCCCCCCCC(=O)OC[C@H](COP(=O)(O)OC[C@@H](O)COP(=O)(O)OC[C@@H](COC(=O)CCCCCCCCCCCCC)OC(=O)CCCCCCCCCCCCCC(C)C)OC(=O)CCCCCCCCCCCCCCCCCCCCC(C)C. The molecule has 0 aliphatic heterocycles. The Labute approximate surface area is 638 Å². The Morgan fingerprint density at radius 3 is 0.654 bits per heavy atom. The van der Waals surface area contributed by atoms with E-state index in [1.807, 2.05) is 0 Å². The summed E-state index contributed by atoms with van der Waals surface area (Å²) in [6, 6.07) is 0. The lowest BCUT2D eigenvalue weighted by molar-refractivity contribution is -0.161. The molecule has 3 N–H and O–H groups in total. The van der Waals surface area contributed by atoms with Crippen LogP contribution in [0.2, 0.25) is 0 Å². The summed E-state index contributed by atoms with van der Waals surface area (Å²) in [5.41, 5.74) is 0. The number of phosphoric ester groups is 2. The average Bonchev–Trinajstić information content (AvgIpc) is 0.904. The molecule has 0 radical (unpaired) electrons. The molecule has 0 saturated heterocycles. The second-order valence-electron chi connectivity index (χ2n) is 31.5. The summed E-state index contributed by atoms with van der Waals surface area (Å²) in [7, 11) is -9.93. The van der Waals surface area contributed by atoms with Gasteiger partial charge in [0.05, 0.1) is 26.4 Å². The lowest BCUT2D eigenvalue weighted by atomic mass is 10.0. The third-order valence-electron chi connectivity index (χ3n) is 20.0. The van der Waals surface area contributed by atoms with E-state index in [0.717, 1.165) is 102 Å². The Morgan fingerprint density at radius 1 is 0.260 bits per heavy atom. The molecule has 0 aromatic heterocycles. The van der Waals surface area contributed by atoms with E-state index in [0.29, 0.717) is 25.7 Å². The maximum atomic E-state index is 13.1. The second kappa shape index (κ2) is 76.4. The summed E-state index contributed by atoms with van der Waals surface area (Å²) in [5, 5.41) is 10.7. The third-order valence-corrected chi connectivity index (χ3v) is 21.9. The molecule has 19 heteroatoms. The molecule has 104 heavy (non-hydrogen) atoms. The Bertz CT molecular complexity index is 1990. The van der Waals surface area contributed by atoms with Gasteiger partial charge in [0.15, 0.2) is 12.2 Å². The fraction of sp³-hybridized carbons (Fsp3) is 0.953. The lowest BCUT2D eigenvalue weighted by Crippen LogP contribution is -2.30. The molecule has 0 amide bonds. The van der Waals surface area contributed by atoms with Crippen LogP contribution in [0, 0.1) is 11.8 Å². The van der Waals surface area contributed by atoms with Gasteiger partial charge in [0.2, 0.25) is 0 Å². The molecule has 0 spiro atoms. The van der Waals surface area contributed by atoms with Gasteiger partial charge >= 0.3 is 39.5 Å². The average molecular weight is 1520 g/mol. The molecule has 0 rings (SSSR count). The molecule has 0 heterocycles. The molecule has 0 aromatic carbocycles. The summed E-state index contributed by atoms with van der Waals surface area (Å²) >= 11 is 0. The number of hydrogen-bond donors (Lipinski definition) is 3. The van der Waals surface area contributed by atoms with E-state index in [-0.39, 0.29) is 25.7 Å². The van der Waals surface area contributed by atoms with Crippen LogP contribution in [0.5, 0.6) is 0 Å². The van der Waals surface area contributed by atoms with Gasteiger partial charge in [0.1, 0.15) is 19.3 Å². The monoisotopic (exact) mass is 1520 g/mol. The van der Waals surface area contributed by atoms with Gasteiger partial charge in [-0.2, -0.15) is 0 Å². The molecule has 2 unspecified atom stereocenters. The van der Waals surface area contributed by atoms with E-state index in [1.165, 1.54) is 270 Å². The number of carbonyl (C=O) groups excluding carboxylic acids is 4. The normalized spacial score (nSPS) is 13.8. The Kier molecular flexibility index (Phi) is 75.0. The van der Waals surface area contributed by atoms with E-state index in [1.54, 1.807) is 0 Å². The van der Waals surface area contributed by atoms with Crippen molar-refractivity contribution in [1.82, 2.24) is 0 Å². The van der Waals surface area contributed by atoms with Crippen molar-refractivity contribution < 1.29 is 80.2 Å². The maximum Gasteiger partial charge on any atom is 0.472 e. The molecule has 618 valence electrons. The fourth-order valence-electron chi connectivity index (χ4n) is 13.2. The maximum absolute atomic E-state index is 13.1. The van der Waals surface area contributed by atoms with Gasteiger partial charge in [-0.1, -0.05) is 401 Å². The van der Waals surface area contributed by atoms with Gasteiger partial charge in [0.25, 0.3) is 0 Å². The highest BCUT2D eigenvalue weighted by atomic mass is 31.2. The van der Waals surface area contributed by atoms with Gasteiger partial charge in [-0.3, -0.25) is 37.3 Å². The van der Waals surface area contributed by atoms with Crippen molar-refractivity contribution in [3.8, 4) is 0 Å². The van der Waals surface area contributed by atoms with E-state index in [2.05, 4.69) is 41.5 Å². The highest BCUT2D eigenvalue weighted by Crippen LogP contribution is 2.45. The summed E-state index contributed by atoms with van der Waals surface area (Å²) in [6.07, 6.45) is 68.0. The molecular weight excluding hydrogens is 1350 g/mol. The number of phosphoric acid groups is 2. The largest absolute Gasteiger partial charge is 0.472 e. The topological polar surface area (TPSA) is 237 Å². The quantitative estimate of drug-likeness (QED) is 0.0222. The second-order valence-corrected chi connectivity index (χ2v) is 34.4. The molecule has 17 nitrogen and oxygen atoms in total. The highest BCUT2D eigenvalue weighted by molar-refractivity contribution is 7.47. The molecule has 0 aliphatic rings. The van der Waals surface area contributed by atoms with Crippen molar-refractivity contribution in [2.75, 3.05) is 39.6 Å². The predicted molar refractivity (Wildman–Crippen MR) is 428 cm³/mol. The first-order valence-electron chi connectivity index (χ1n) is 44.0. The zero-order valence-corrected chi connectivity index (χ0v) is 70.1. The number of aliphatic hydroxyl groups is 1. The van der Waals surface area contributed by atoms with Crippen LogP contribution in [-0.4, -0.2) is 96.7 Å². The third kappa shape index (κ3) is 78.2. The van der Waals surface area contributed by atoms with Crippen molar-refractivity contribution in [1.29, 1.82) is 0 Å². The number of esters is 4. The van der Waals surface area contributed by atoms with Crippen molar-refractivity contribution >= 4 is 39.5 Å². The Hall–Kier alpha value is -1.94. The molecule has 5 atom stereocenters. The summed E-state index contributed by atoms with van der Waals surface area (Å²) in [6.45, 7) is 9.70. The van der Waals surface area contributed by atoms with Crippen molar-refractivity contribution in [2.24, 2.45) is 11.8 Å². The smallest absolute Gasteiger partial charge is 0.462 e. The predicted octanol–water partition coefficient (Wildman–Crippen LogP) is 25.8. The number of carbonyl (C=O) groups is 4. The number of unbranched alkanes of at least 4 members (excludes halogenated alkanes) is 54. The highest BCUT2D eigenvalue weighted by Gasteiger charge is 2.30. The standard InChI is InChI=1S/C85H166O17P2/c1-7-9-11-13-15-17-19-20-21-22-26-29-32-38-44-50-56-62-68-83(88)96-74-81(101-84(89)69-63-57-51-45-39-33-30-27-24-23-25-28-31-36-41-47-53-59-65-77(3)4)76-100-104(93,94)98-72-79(86)71-97-103(91,92)99-75-80(73-95-82(87)67-61-55-49-43-35-18-16-14-12-10-8-2)102-85(90)70-64-58-52-46-40-34-37-42-48-54-60-66-78(5)6/h77-81,86H,7-76H2,1-6H3,(H,91,92)(H,93,94)/t79-,80+,81+/m0/s1. The van der Waals surface area contributed by atoms with Crippen LogP contribution in [0.1, 0.15) is 452 Å². The Morgan fingerprint density at radius 2 is 0.442 bits per heavy atom. The zero-order chi connectivity index (χ0) is 76.4. The van der Waals surface area contributed by atoms with Gasteiger partial charge < -0.3 is 33.8 Å². The molecular formula is C85H166O17P2. The van der Waals surface area contributed by atoms with Crippen LogP contribution >= 0.6 is 15.6 Å². The van der Waals surface area contributed by atoms with Gasteiger partial charge in [-0.15, -0.1) is 0 Å². The Balaban J connectivity index is 5.23. The van der Waals surface area contributed by atoms with Crippen LogP contribution in [0.4, 0.5) is 0 Å². The first-order chi connectivity index (χ1) is 50.4. The van der Waals surface area contributed by atoms with Crippen LogP contribution < -0.4 is 0 Å². The molecule has 0 aliphatic carbocycles. The minimum Gasteiger partial charge on any atom is -0.462 e. The molecule has 0 aromatic rings. The number of hydrogen-bond acceptors (Lipinski definition) is 15. The minimum absolute atomic E-state index is 0.107. The van der Waals surface area contributed by atoms with Gasteiger partial charge in [-0.25, -0.2) is 9.13 Å². The number of rotatable bonds is 84. The number of aliphatic hydroxyl groups excluding tert-OH is 1. The molecule has 0 saturated carbocycles. The van der Waals surface area contributed by atoms with E-state index in [4.69, 9.17) is 37.0 Å². The number of ether oxygens (including phenoxy) is 4. The van der Waals surface area contributed by atoms with Crippen molar-refractivity contribution in [3.05, 3.63) is 0 Å². The van der Waals surface area contributed by atoms with Crippen LogP contribution in [-0.2, 0) is 65.4 Å². The zero-order valence-electron chi connectivity index (χ0n) is 68.3. The van der Waals surface area contributed by atoms with Crippen molar-refractivity contribution in [3.63, 3.8) is 0 Å². The van der Waals surface area contributed by atoms with Crippen LogP contribution in [0.25, 0.3) is 0 Å². The first-order valence-corrected chi connectivity index (χ1v) is 47.0. The lowest BCUT2D eigenvalue weighted by Gasteiger charge is -2.21. The van der Waals surface area contributed by atoms with Crippen molar-refractivity contribution in [2.45, 2.75) is 471 Å². The van der Waals surface area contributed by atoms with Crippen LogP contribution in [0.15, 0.2) is 0 Å². The van der Waals surface area contributed by atoms with E-state index in [9.17, 15) is 43.2 Å². The molecule has 0 fully saturated rings. The summed E-state index contributed by atoms with van der Waals surface area (Å²) in [4.78, 5) is 73.2. The van der Waals surface area contributed by atoms with Crippen LogP contribution in [0.3, 0.4) is 0 Å². The van der Waals surface area contributed by atoms with E-state index >= 15 is 0 Å². The minimum atomic E-state index is -4.97. The molecule has 0 bridgehead atoms. The summed E-state index contributed by atoms with van der Waals surface area (Å²) in [5.74, 6) is -0.517. The first kappa shape index (κ1) is 102.